The van der Waals surface area contributed by atoms with Crippen LogP contribution in [0, 0.1) is 12.8 Å². The average Bonchev–Trinajstić information content (AvgIpc) is 3.44. The second-order valence-electron chi connectivity index (χ2n) is 10.5. The summed E-state index contributed by atoms with van der Waals surface area (Å²) in [5, 5.41) is 26.9. The van der Waals surface area contributed by atoms with Crippen molar-refractivity contribution in [2.45, 2.75) is 32.1 Å². The molecule has 1 aliphatic rings. The van der Waals surface area contributed by atoms with E-state index in [1.165, 1.54) is 12.0 Å². The first kappa shape index (κ1) is 31.5. The molecular formula is C32H34N4O8. The van der Waals surface area contributed by atoms with E-state index in [1.54, 1.807) is 48.5 Å². The molecule has 0 radical (unpaired) electrons. The van der Waals surface area contributed by atoms with Crippen LogP contribution in [-0.2, 0) is 25.6 Å². The number of rotatable bonds is 11. The van der Waals surface area contributed by atoms with Gasteiger partial charge in [0, 0.05) is 36.8 Å². The highest BCUT2D eigenvalue weighted by Crippen LogP contribution is 2.34. The first-order chi connectivity index (χ1) is 21.0. The zero-order valence-electron chi connectivity index (χ0n) is 24.3. The maximum atomic E-state index is 12.8. The number of hydrogen-bond acceptors (Lipinski definition) is 6. The summed E-state index contributed by atoms with van der Waals surface area (Å²) >= 11 is 0. The highest BCUT2D eigenvalue weighted by Gasteiger charge is 2.40. The van der Waals surface area contributed by atoms with E-state index >= 15 is 0 Å². The predicted octanol–water partition coefficient (Wildman–Crippen LogP) is 4.32. The van der Waals surface area contributed by atoms with Gasteiger partial charge in [0.1, 0.15) is 5.75 Å². The van der Waals surface area contributed by atoms with Gasteiger partial charge in [-0.1, -0.05) is 36.4 Å². The summed E-state index contributed by atoms with van der Waals surface area (Å²) in [6.45, 7) is 2.06. The number of benzene rings is 3. The monoisotopic (exact) mass is 602 g/mol. The number of methoxy groups -OCH3 is 1. The maximum absolute atomic E-state index is 12.8. The lowest BCUT2D eigenvalue weighted by Gasteiger charge is -2.17. The van der Waals surface area contributed by atoms with Gasteiger partial charge in [0.2, 0.25) is 11.8 Å². The Labute approximate surface area is 254 Å². The molecule has 4 amide bonds. The molecule has 12 heteroatoms. The summed E-state index contributed by atoms with van der Waals surface area (Å²) in [7, 11) is 1.47. The summed E-state index contributed by atoms with van der Waals surface area (Å²) in [5.74, 6) is -3.72. The molecule has 0 aromatic heterocycles. The van der Waals surface area contributed by atoms with E-state index in [-0.39, 0.29) is 38.3 Å². The quantitative estimate of drug-likeness (QED) is 0.216. The minimum atomic E-state index is -1.09. The van der Waals surface area contributed by atoms with Crippen LogP contribution in [0.4, 0.5) is 21.9 Å². The topological polar surface area (TPSA) is 174 Å². The lowest BCUT2D eigenvalue weighted by atomic mass is 9.89. The van der Waals surface area contributed by atoms with E-state index < -0.39 is 35.7 Å². The average molecular weight is 603 g/mol. The van der Waals surface area contributed by atoms with Crippen LogP contribution in [0.15, 0.2) is 66.7 Å². The highest BCUT2D eigenvalue weighted by molar-refractivity contribution is 6.01. The van der Waals surface area contributed by atoms with Crippen LogP contribution in [0.1, 0.15) is 35.4 Å². The number of hydrogen-bond donors (Lipinski definition) is 5. The lowest BCUT2D eigenvalue weighted by molar-refractivity contribution is -0.143. The molecular weight excluding hydrogens is 568 g/mol. The number of carbonyl (C=O) groups is 5. The molecule has 4 rings (SSSR count). The van der Waals surface area contributed by atoms with Crippen LogP contribution in [0.5, 0.6) is 5.75 Å². The Hall–Kier alpha value is -5.39. The third kappa shape index (κ3) is 8.12. The molecule has 1 aliphatic heterocycles. The number of nitrogens with one attached hydrogen (secondary N) is 3. The molecule has 44 heavy (non-hydrogen) atoms. The van der Waals surface area contributed by atoms with Crippen molar-refractivity contribution in [2.75, 3.05) is 36.1 Å². The molecule has 2 atom stereocenters. The molecule has 3 aromatic rings. The van der Waals surface area contributed by atoms with Crippen molar-refractivity contribution in [3.63, 3.8) is 0 Å². The number of amides is 4. The van der Waals surface area contributed by atoms with Gasteiger partial charge in [0.15, 0.2) is 0 Å². The fraction of sp³-hybridized carbons (Fsp3) is 0.281. The van der Waals surface area contributed by atoms with Gasteiger partial charge < -0.3 is 35.8 Å². The Morgan fingerprint density at radius 3 is 2.23 bits per heavy atom. The molecule has 1 saturated heterocycles. The Morgan fingerprint density at radius 2 is 1.57 bits per heavy atom. The molecule has 2 unspecified atom stereocenters. The number of nitrogens with zero attached hydrogens (tertiary/aromatic N) is 1. The Balaban J connectivity index is 1.35. The van der Waals surface area contributed by atoms with Crippen LogP contribution in [-0.4, -0.2) is 65.1 Å². The van der Waals surface area contributed by atoms with Crippen LogP contribution < -0.4 is 20.7 Å². The molecule has 3 aromatic carbocycles. The van der Waals surface area contributed by atoms with Crippen molar-refractivity contribution in [3.8, 4) is 5.75 Å². The lowest BCUT2D eigenvalue weighted by Crippen LogP contribution is -2.30. The Bertz CT molecular complexity index is 1560. The first-order valence-electron chi connectivity index (χ1n) is 14.0. The third-order valence-electron chi connectivity index (χ3n) is 7.44. The summed E-state index contributed by atoms with van der Waals surface area (Å²) in [6, 6.07) is 18.8. The van der Waals surface area contributed by atoms with Gasteiger partial charge in [0.25, 0.3) is 0 Å². The number of carbonyl (C=O) groups excluding carboxylic acids is 3. The van der Waals surface area contributed by atoms with E-state index in [0.717, 1.165) is 5.56 Å². The molecule has 12 nitrogen and oxygen atoms in total. The number of ether oxygens (including phenoxy) is 1. The minimum absolute atomic E-state index is 0.00603. The van der Waals surface area contributed by atoms with Gasteiger partial charge in [0.05, 0.1) is 31.6 Å². The molecule has 1 heterocycles. The van der Waals surface area contributed by atoms with Gasteiger partial charge in [-0.3, -0.25) is 19.2 Å². The number of carboxylic acid groups (broad SMARTS) is 2. The van der Waals surface area contributed by atoms with Gasteiger partial charge in [-0.15, -0.1) is 0 Å². The van der Waals surface area contributed by atoms with E-state index in [0.29, 0.717) is 33.9 Å². The van der Waals surface area contributed by atoms with Crippen molar-refractivity contribution in [3.05, 3.63) is 83.4 Å². The Morgan fingerprint density at radius 1 is 0.864 bits per heavy atom. The van der Waals surface area contributed by atoms with E-state index in [4.69, 9.17) is 9.84 Å². The van der Waals surface area contributed by atoms with E-state index in [1.807, 2.05) is 25.1 Å². The minimum Gasteiger partial charge on any atom is -0.495 e. The molecule has 0 spiro atoms. The van der Waals surface area contributed by atoms with Crippen molar-refractivity contribution in [1.29, 1.82) is 0 Å². The Kier molecular flexibility index (Phi) is 10.2. The standard InChI is InChI=1S/C32H34N4O8/c1-19-5-3-4-6-25(19)34-32(43)35-26-12-7-20(15-27(26)44-2)16-28(37)33-22-10-8-21(9-11-22)23-17-36(18-24(23)31(41)42)29(38)13-14-30(39)40/h3-12,15,23-24H,13-14,16-18H2,1-2H3,(H,33,37)(H,39,40)(H,41,42)(H2,34,35,43). The van der Waals surface area contributed by atoms with Crippen molar-refractivity contribution in [2.24, 2.45) is 5.92 Å². The van der Waals surface area contributed by atoms with Crippen LogP contribution in [0.25, 0.3) is 0 Å². The number of aliphatic carboxylic acids is 2. The molecule has 0 saturated carbocycles. The second kappa shape index (κ2) is 14.2. The molecule has 1 fully saturated rings. The SMILES string of the molecule is COc1cc(CC(=O)Nc2ccc(C3CN(C(=O)CCC(=O)O)CC3C(=O)O)cc2)ccc1NC(=O)Nc1ccccc1C. The normalized spacial score (nSPS) is 15.7. The fourth-order valence-electron chi connectivity index (χ4n) is 5.11. The number of carboxylic acids is 2. The summed E-state index contributed by atoms with van der Waals surface area (Å²) < 4.78 is 5.43. The zero-order chi connectivity index (χ0) is 31.8. The molecule has 230 valence electrons. The van der Waals surface area contributed by atoms with Gasteiger partial charge in [-0.05, 0) is 53.9 Å². The van der Waals surface area contributed by atoms with E-state index in [9.17, 15) is 29.1 Å². The number of aryl methyl sites for hydroxylation is 1. The van der Waals surface area contributed by atoms with Crippen LogP contribution in [0.2, 0.25) is 0 Å². The summed E-state index contributed by atoms with van der Waals surface area (Å²) in [4.78, 5) is 61.8. The first-order valence-corrected chi connectivity index (χ1v) is 14.0. The fourth-order valence-corrected chi connectivity index (χ4v) is 5.11. The number of para-hydroxylation sites is 1. The number of anilines is 3. The van der Waals surface area contributed by atoms with Gasteiger partial charge in [-0.2, -0.15) is 0 Å². The van der Waals surface area contributed by atoms with Crippen molar-refractivity contribution >= 4 is 46.8 Å². The smallest absolute Gasteiger partial charge is 0.323 e. The second-order valence-corrected chi connectivity index (χ2v) is 10.5. The number of urea groups is 1. The maximum Gasteiger partial charge on any atom is 0.323 e. The predicted molar refractivity (Wildman–Crippen MR) is 163 cm³/mol. The van der Waals surface area contributed by atoms with Crippen molar-refractivity contribution in [1.82, 2.24) is 4.90 Å². The van der Waals surface area contributed by atoms with Crippen LogP contribution in [0.3, 0.4) is 0 Å². The molecule has 0 aliphatic carbocycles. The third-order valence-corrected chi connectivity index (χ3v) is 7.44. The van der Waals surface area contributed by atoms with Gasteiger partial charge >= 0.3 is 18.0 Å². The summed E-state index contributed by atoms with van der Waals surface area (Å²) in [6.07, 6.45) is -0.468. The van der Waals surface area contributed by atoms with Crippen LogP contribution >= 0.6 is 0 Å². The largest absolute Gasteiger partial charge is 0.495 e. The van der Waals surface area contributed by atoms with Crippen molar-refractivity contribution < 1.29 is 38.9 Å². The summed E-state index contributed by atoms with van der Waals surface area (Å²) in [5.41, 5.74) is 3.90. The highest BCUT2D eigenvalue weighted by atomic mass is 16.5. The van der Waals surface area contributed by atoms with Gasteiger partial charge in [-0.25, -0.2) is 4.79 Å². The molecule has 0 bridgehead atoms. The van der Waals surface area contributed by atoms with E-state index in [2.05, 4.69) is 16.0 Å². The molecule has 5 N–H and O–H groups in total. The number of likely N-dealkylation sites (tertiary alicyclic amines) is 1. The zero-order valence-corrected chi connectivity index (χ0v) is 24.3.